The van der Waals surface area contributed by atoms with E-state index >= 15 is 0 Å². The summed E-state index contributed by atoms with van der Waals surface area (Å²) >= 11 is 1.32. The summed E-state index contributed by atoms with van der Waals surface area (Å²) in [6, 6.07) is 12.2. The highest BCUT2D eigenvalue weighted by molar-refractivity contribution is 7.13. The molecule has 2 aliphatic rings. The summed E-state index contributed by atoms with van der Waals surface area (Å²) < 4.78 is 18.0. The SMILES string of the molecule is CN1CCC(Oc2cc(Oc3ccc(-c4nnc(C5CCCC5)o4)cc3)cc(C(=O)Nc3nccs3)c2)C1=O. The number of rotatable bonds is 8. The molecule has 1 unspecified atom stereocenters. The lowest BCUT2D eigenvalue weighted by atomic mass is 10.1. The molecule has 2 aromatic carbocycles. The van der Waals surface area contributed by atoms with Crippen LogP contribution in [-0.4, -0.2) is 51.6 Å². The summed E-state index contributed by atoms with van der Waals surface area (Å²) in [6.07, 6.45) is 6.15. The molecule has 11 heteroatoms. The summed E-state index contributed by atoms with van der Waals surface area (Å²) in [4.78, 5) is 31.1. The van der Waals surface area contributed by atoms with Gasteiger partial charge in [-0.1, -0.05) is 12.8 Å². The molecule has 2 aromatic heterocycles. The van der Waals surface area contributed by atoms with E-state index in [1.54, 1.807) is 53.9 Å². The second kappa shape index (κ2) is 10.9. The van der Waals surface area contributed by atoms with Gasteiger partial charge in [-0.2, -0.15) is 0 Å². The van der Waals surface area contributed by atoms with Crippen molar-refractivity contribution in [1.82, 2.24) is 20.1 Å². The standard InChI is InChI=1S/C28H27N5O5S/c1-33-12-10-23(27(33)35)37-22-15-19(24(34)30-28-29-11-13-39-28)14-21(16-22)36-20-8-6-18(7-9-20)26-32-31-25(38-26)17-4-2-3-5-17/h6-9,11,13-17,23H,2-5,10,12H2,1H3,(H,29,30,34). The van der Waals surface area contributed by atoms with Crippen LogP contribution < -0.4 is 14.8 Å². The number of aromatic nitrogens is 3. The van der Waals surface area contributed by atoms with E-state index in [-0.39, 0.29) is 11.8 Å². The summed E-state index contributed by atoms with van der Waals surface area (Å²) in [5.74, 6) is 2.39. The third-order valence-electron chi connectivity index (χ3n) is 6.93. The Balaban J connectivity index is 1.21. The number of amides is 2. The number of carbonyl (C=O) groups excluding carboxylic acids is 2. The van der Waals surface area contributed by atoms with Crippen LogP contribution in [0.3, 0.4) is 0 Å². The van der Waals surface area contributed by atoms with Gasteiger partial charge in [0.1, 0.15) is 17.2 Å². The van der Waals surface area contributed by atoms with E-state index < -0.39 is 6.10 Å². The Bertz CT molecular complexity index is 1460. The van der Waals surface area contributed by atoms with Crippen molar-refractivity contribution in [3.8, 4) is 28.7 Å². The van der Waals surface area contributed by atoms with E-state index in [0.29, 0.717) is 58.6 Å². The summed E-state index contributed by atoms with van der Waals surface area (Å²) in [6.45, 7) is 0.617. The van der Waals surface area contributed by atoms with Gasteiger partial charge in [0, 0.05) is 54.7 Å². The molecular weight excluding hydrogens is 518 g/mol. The normalized spacial score (nSPS) is 17.5. The average molecular weight is 546 g/mol. The number of likely N-dealkylation sites (tertiary alicyclic amines) is 1. The van der Waals surface area contributed by atoms with Crippen molar-refractivity contribution in [3.05, 3.63) is 65.5 Å². The number of carbonyl (C=O) groups is 2. The highest BCUT2D eigenvalue weighted by atomic mass is 32.1. The van der Waals surface area contributed by atoms with Crippen LogP contribution in [0.25, 0.3) is 11.5 Å². The summed E-state index contributed by atoms with van der Waals surface area (Å²) in [7, 11) is 1.74. The van der Waals surface area contributed by atoms with Crippen LogP contribution in [0.5, 0.6) is 17.2 Å². The maximum absolute atomic E-state index is 13.0. The first-order valence-electron chi connectivity index (χ1n) is 12.9. The highest BCUT2D eigenvalue weighted by Crippen LogP contribution is 2.35. The Morgan fingerprint density at radius 1 is 1.05 bits per heavy atom. The van der Waals surface area contributed by atoms with Crippen LogP contribution in [0.2, 0.25) is 0 Å². The van der Waals surface area contributed by atoms with Gasteiger partial charge in [-0.15, -0.1) is 21.5 Å². The van der Waals surface area contributed by atoms with Gasteiger partial charge in [-0.3, -0.25) is 14.9 Å². The molecule has 200 valence electrons. The van der Waals surface area contributed by atoms with Crippen molar-refractivity contribution < 1.29 is 23.5 Å². The van der Waals surface area contributed by atoms with Crippen molar-refractivity contribution in [2.24, 2.45) is 0 Å². The van der Waals surface area contributed by atoms with Crippen LogP contribution in [0.4, 0.5) is 5.13 Å². The number of benzene rings is 2. The number of likely N-dealkylation sites (N-methyl/N-ethyl adjacent to an activating group) is 1. The van der Waals surface area contributed by atoms with Crippen LogP contribution in [0.1, 0.15) is 54.3 Å². The molecule has 4 aromatic rings. The van der Waals surface area contributed by atoms with Crippen LogP contribution >= 0.6 is 11.3 Å². The third kappa shape index (κ3) is 5.63. The van der Waals surface area contributed by atoms with Crippen molar-refractivity contribution in [2.45, 2.75) is 44.1 Å². The lowest BCUT2D eigenvalue weighted by Gasteiger charge is -2.15. The zero-order valence-electron chi connectivity index (χ0n) is 21.3. The number of nitrogens with one attached hydrogen (secondary N) is 1. The molecule has 1 aliphatic heterocycles. The number of nitrogens with zero attached hydrogens (tertiary/aromatic N) is 4. The Morgan fingerprint density at radius 2 is 1.85 bits per heavy atom. The zero-order valence-corrected chi connectivity index (χ0v) is 22.1. The van der Waals surface area contributed by atoms with Crippen LogP contribution in [0, 0.1) is 0 Å². The second-order valence-electron chi connectivity index (χ2n) is 9.69. The number of hydrogen-bond donors (Lipinski definition) is 1. The van der Waals surface area contributed by atoms with Gasteiger partial charge in [0.05, 0.1) is 0 Å². The first-order chi connectivity index (χ1) is 19.0. The molecule has 2 amide bonds. The maximum atomic E-state index is 13.0. The van der Waals surface area contributed by atoms with Crippen LogP contribution in [0.15, 0.2) is 58.5 Å². The monoisotopic (exact) mass is 545 g/mol. The first kappa shape index (κ1) is 25.1. The molecule has 1 atom stereocenters. The molecule has 6 rings (SSSR count). The minimum absolute atomic E-state index is 0.0946. The lowest BCUT2D eigenvalue weighted by molar-refractivity contribution is -0.132. The number of anilines is 1. The highest BCUT2D eigenvalue weighted by Gasteiger charge is 2.31. The molecule has 1 N–H and O–H groups in total. The van der Waals surface area contributed by atoms with Crippen molar-refractivity contribution in [1.29, 1.82) is 0 Å². The molecule has 0 bridgehead atoms. The van der Waals surface area contributed by atoms with E-state index in [1.165, 1.54) is 24.2 Å². The Kier molecular flexibility index (Phi) is 6.97. The molecule has 2 fully saturated rings. The van der Waals surface area contributed by atoms with E-state index in [4.69, 9.17) is 13.9 Å². The lowest BCUT2D eigenvalue weighted by Crippen LogP contribution is -2.29. The first-order valence-corrected chi connectivity index (χ1v) is 13.8. The Morgan fingerprint density at radius 3 is 2.56 bits per heavy atom. The topological polar surface area (TPSA) is 120 Å². The van der Waals surface area contributed by atoms with E-state index in [1.807, 2.05) is 12.1 Å². The Labute approximate surface area is 229 Å². The molecule has 1 saturated heterocycles. The molecule has 10 nitrogen and oxygen atoms in total. The molecule has 1 aliphatic carbocycles. The number of hydrogen-bond acceptors (Lipinski definition) is 9. The minimum Gasteiger partial charge on any atom is -0.480 e. The second-order valence-corrected chi connectivity index (χ2v) is 10.6. The predicted octanol–water partition coefficient (Wildman–Crippen LogP) is 5.50. The Hall–Kier alpha value is -4.25. The van der Waals surface area contributed by atoms with Gasteiger partial charge in [-0.05, 0) is 49.2 Å². The smallest absolute Gasteiger partial charge is 0.263 e. The van der Waals surface area contributed by atoms with Gasteiger partial charge < -0.3 is 18.8 Å². The number of thiazole rings is 1. The van der Waals surface area contributed by atoms with Crippen molar-refractivity contribution in [3.63, 3.8) is 0 Å². The van der Waals surface area contributed by atoms with Crippen molar-refractivity contribution in [2.75, 3.05) is 18.9 Å². The maximum Gasteiger partial charge on any atom is 0.263 e. The average Bonchev–Trinajstić information content (AvgIpc) is 3.76. The summed E-state index contributed by atoms with van der Waals surface area (Å²) in [5, 5.41) is 13.5. The molecule has 1 saturated carbocycles. The molecular formula is C28H27N5O5S. The van der Waals surface area contributed by atoms with E-state index in [0.717, 1.165) is 18.4 Å². The predicted molar refractivity (Wildman–Crippen MR) is 144 cm³/mol. The van der Waals surface area contributed by atoms with Gasteiger partial charge >= 0.3 is 0 Å². The van der Waals surface area contributed by atoms with Crippen LogP contribution in [-0.2, 0) is 4.79 Å². The fraction of sp³-hybridized carbons (Fsp3) is 0.321. The largest absolute Gasteiger partial charge is 0.480 e. The molecule has 0 spiro atoms. The quantitative estimate of drug-likeness (QED) is 0.308. The van der Waals surface area contributed by atoms with E-state index in [9.17, 15) is 9.59 Å². The molecule has 3 heterocycles. The van der Waals surface area contributed by atoms with Gasteiger partial charge in [0.15, 0.2) is 11.2 Å². The van der Waals surface area contributed by atoms with Gasteiger partial charge in [0.2, 0.25) is 11.8 Å². The molecule has 0 radical (unpaired) electrons. The third-order valence-corrected chi connectivity index (χ3v) is 7.62. The zero-order chi connectivity index (χ0) is 26.8. The van der Waals surface area contributed by atoms with Gasteiger partial charge in [-0.25, -0.2) is 4.98 Å². The van der Waals surface area contributed by atoms with E-state index in [2.05, 4.69) is 20.5 Å². The summed E-state index contributed by atoms with van der Waals surface area (Å²) in [5.41, 5.74) is 1.11. The number of ether oxygens (including phenoxy) is 2. The fourth-order valence-electron chi connectivity index (χ4n) is 4.84. The van der Waals surface area contributed by atoms with Gasteiger partial charge in [0.25, 0.3) is 11.8 Å². The minimum atomic E-state index is -0.608. The fourth-order valence-corrected chi connectivity index (χ4v) is 5.36. The van der Waals surface area contributed by atoms with Crippen molar-refractivity contribution >= 4 is 28.3 Å². The molecule has 39 heavy (non-hydrogen) atoms.